The summed E-state index contributed by atoms with van der Waals surface area (Å²) in [6.07, 6.45) is -1.17. The molecule has 0 saturated carbocycles. The number of unbranched alkanes of at least 4 members (excludes halogenated alkanes) is 2. The molecule has 3 aromatic carbocycles. The molecule has 0 unspecified atom stereocenters. The van der Waals surface area contributed by atoms with Crippen LogP contribution in [-0.4, -0.2) is 25.9 Å². The number of anilines is 2. The van der Waals surface area contributed by atoms with E-state index in [0.717, 1.165) is 30.5 Å². The van der Waals surface area contributed by atoms with E-state index in [1.165, 1.54) is 12.1 Å². The van der Waals surface area contributed by atoms with Crippen molar-refractivity contribution >= 4 is 23.1 Å². The van der Waals surface area contributed by atoms with Crippen LogP contribution in [0.15, 0.2) is 78.0 Å². The highest BCUT2D eigenvalue weighted by atomic mass is 19.4. The number of halogens is 3. The van der Waals surface area contributed by atoms with Gasteiger partial charge in [-0.05, 0) is 66.3 Å². The molecule has 3 aromatic rings. The Morgan fingerprint density at radius 3 is 2.30 bits per heavy atom. The van der Waals surface area contributed by atoms with E-state index in [1.54, 1.807) is 25.2 Å². The number of hydrogen-bond acceptors (Lipinski definition) is 5. The molecule has 43 heavy (non-hydrogen) atoms. The SMILES string of the molecule is CCCCCC(=O)N1c2ccccc2NC2=C(C(=O)C[C@H](c3ccc(OC)c(OC)c3)C2)[C@H]1c1ccc(C(F)(F)F)cc1. The first-order valence-electron chi connectivity index (χ1n) is 14.5. The molecule has 0 bridgehead atoms. The van der Waals surface area contributed by atoms with Crippen molar-refractivity contribution in [2.75, 3.05) is 24.4 Å². The highest BCUT2D eigenvalue weighted by molar-refractivity contribution is 6.06. The second-order valence-corrected chi connectivity index (χ2v) is 10.9. The molecule has 226 valence electrons. The number of nitrogens with one attached hydrogen (secondary N) is 1. The number of Topliss-reactive ketones (excluding diaryl/α,β-unsaturated/α-hetero) is 1. The van der Waals surface area contributed by atoms with Gasteiger partial charge in [-0.3, -0.25) is 14.5 Å². The van der Waals surface area contributed by atoms with Gasteiger partial charge in [-0.2, -0.15) is 13.2 Å². The number of ketones is 1. The van der Waals surface area contributed by atoms with Crippen molar-refractivity contribution in [1.82, 2.24) is 0 Å². The summed E-state index contributed by atoms with van der Waals surface area (Å²) in [4.78, 5) is 29.7. The van der Waals surface area contributed by atoms with Crippen molar-refractivity contribution in [1.29, 1.82) is 0 Å². The van der Waals surface area contributed by atoms with Gasteiger partial charge in [-0.1, -0.05) is 50.1 Å². The standard InChI is InChI=1S/C34H35F3N2O4/c1-4-5-6-11-31(41)39-27-10-8-7-9-25(27)38-26-18-23(22-14-17-29(42-2)30(20-22)43-3)19-28(40)32(26)33(39)21-12-15-24(16-13-21)34(35,36)37/h7-10,12-17,20,23,33,38H,4-6,11,18-19H2,1-3H3/t23-,33-/m1/s1. The largest absolute Gasteiger partial charge is 0.493 e. The van der Waals surface area contributed by atoms with Crippen LogP contribution in [0.25, 0.3) is 0 Å². The predicted molar refractivity (Wildman–Crippen MR) is 159 cm³/mol. The van der Waals surface area contributed by atoms with Gasteiger partial charge in [0, 0.05) is 24.1 Å². The second kappa shape index (κ2) is 12.5. The van der Waals surface area contributed by atoms with Crippen LogP contribution in [0.2, 0.25) is 0 Å². The molecule has 5 rings (SSSR count). The van der Waals surface area contributed by atoms with Crippen molar-refractivity contribution in [3.63, 3.8) is 0 Å². The van der Waals surface area contributed by atoms with Gasteiger partial charge in [0.05, 0.1) is 37.2 Å². The second-order valence-electron chi connectivity index (χ2n) is 10.9. The Hall–Kier alpha value is -4.27. The number of nitrogens with zero attached hydrogens (tertiary/aromatic N) is 1. The van der Waals surface area contributed by atoms with Crippen molar-refractivity contribution < 1.29 is 32.2 Å². The summed E-state index contributed by atoms with van der Waals surface area (Å²) in [5, 5.41) is 3.46. The molecule has 6 nitrogen and oxygen atoms in total. The molecule has 0 fully saturated rings. The number of carbonyl (C=O) groups is 2. The lowest BCUT2D eigenvalue weighted by atomic mass is 9.78. The van der Waals surface area contributed by atoms with Gasteiger partial charge < -0.3 is 14.8 Å². The minimum Gasteiger partial charge on any atom is -0.493 e. The quantitative estimate of drug-likeness (QED) is 0.267. The third kappa shape index (κ3) is 6.12. The maximum absolute atomic E-state index is 14.2. The van der Waals surface area contributed by atoms with Gasteiger partial charge in [-0.15, -0.1) is 0 Å². The number of benzene rings is 3. The summed E-state index contributed by atoms with van der Waals surface area (Å²) in [5.41, 5.74) is 2.85. The van der Waals surface area contributed by atoms with E-state index in [2.05, 4.69) is 5.32 Å². The molecule has 0 radical (unpaired) electrons. The molecular weight excluding hydrogens is 557 g/mol. The smallest absolute Gasteiger partial charge is 0.416 e. The number of ether oxygens (including phenoxy) is 2. The number of hydrogen-bond donors (Lipinski definition) is 1. The molecule has 1 aliphatic carbocycles. The summed E-state index contributed by atoms with van der Waals surface area (Å²) >= 11 is 0. The molecule has 9 heteroatoms. The Morgan fingerprint density at radius 2 is 1.63 bits per heavy atom. The van der Waals surface area contributed by atoms with Gasteiger partial charge in [0.25, 0.3) is 0 Å². The van der Waals surface area contributed by atoms with Gasteiger partial charge in [-0.25, -0.2) is 0 Å². The minimum atomic E-state index is -4.51. The first-order valence-corrected chi connectivity index (χ1v) is 14.5. The third-order valence-electron chi connectivity index (χ3n) is 8.18. The summed E-state index contributed by atoms with van der Waals surface area (Å²) in [7, 11) is 3.11. The Balaban J connectivity index is 1.65. The number of allylic oxidation sites excluding steroid dienone is 1. The topological polar surface area (TPSA) is 67.9 Å². The Bertz CT molecular complexity index is 1530. The van der Waals surface area contributed by atoms with Crippen LogP contribution in [0.1, 0.15) is 74.1 Å². The molecule has 2 atom stereocenters. The predicted octanol–water partition coefficient (Wildman–Crippen LogP) is 8.20. The Morgan fingerprint density at radius 1 is 0.930 bits per heavy atom. The highest BCUT2D eigenvalue weighted by Gasteiger charge is 2.42. The highest BCUT2D eigenvalue weighted by Crippen LogP contribution is 2.48. The minimum absolute atomic E-state index is 0.168. The first-order chi connectivity index (χ1) is 20.7. The molecular formula is C34H35F3N2O4. The van der Waals surface area contributed by atoms with Crippen molar-refractivity contribution in [3.8, 4) is 11.5 Å². The number of carbonyl (C=O) groups excluding carboxylic acids is 2. The first kappa shape index (κ1) is 30.2. The summed E-state index contributed by atoms with van der Waals surface area (Å²) in [6, 6.07) is 16.8. The van der Waals surface area contributed by atoms with Gasteiger partial charge in [0.2, 0.25) is 5.91 Å². The van der Waals surface area contributed by atoms with E-state index in [0.29, 0.717) is 52.5 Å². The number of fused-ring (bicyclic) bond motifs is 1. The molecule has 1 aliphatic heterocycles. The van der Waals surface area contributed by atoms with E-state index in [9.17, 15) is 22.8 Å². The average molecular weight is 593 g/mol. The molecule has 0 saturated heterocycles. The summed E-state index contributed by atoms with van der Waals surface area (Å²) in [5.74, 6) is 0.590. The number of methoxy groups -OCH3 is 2. The molecule has 0 spiro atoms. The van der Waals surface area contributed by atoms with Crippen LogP contribution >= 0.6 is 0 Å². The lowest BCUT2D eigenvalue weighted by Gasteiger charge is -2.35. The van der Waals surface area contributed by atoms with E-state index in [4.69, 9.17) is 9.47 Å². The van der Waals surface area contributed by atoms with Crippen molar-refractivity contribution in [2.24, 2.45) is 0 Å². The van der Waals surface area contributed by atoms with Crippen LogP contribution in [0, 0.1) is 0 Å². The number of alkyl halides is 3. The lowest BCUT2D eigenvalue weighted by Crippen LogP contribution is -2.38. The number of rotatable bonds is 8. The molecule has 1 amide bonds. The molecule has 2 aliphatic rings. The summed E-state index contributed by atoms with van der Waals surface area (Å²) < 4.78 is 51.3. The summed E-state index contributed by atoms with van der Waals surface area (Å²) in [6.45, 7) is 2.05. The average Bonchev–Trinajstić information content (AvgIpc) is 3.15. The maximum atomic E-state index is 14.2. The molecule has 1 heterocycles. The molecule has 0 aromatic heterocycles. The van der Waals surface area contributed by atoms with Crippen LogP contribution in [0.4, 0.5) is 24.5 Å². The van der Waals surface area contributed by atoms with Gasteiger partial charge in [0.15, 0.2) is 17.3 Å². The fourth-order valence-corrected chi connectivity index (χ4v) is 6.02. The molecule has 1 N–H and O–H groups in total. The van der Waals surface area contributed by atoms with Crippen molar-refractivity contribution in [3.05, 3.63) is 94.7 Å². The van der Waals surface area contributed by atoms with Crippen molar-refractivity contribution in [2.45, 2.75) is 63.6 Å². The Labute approximate surface area is 249 Å². The fourth-order valence-electron chi connectivity index (χ4n) is 6.02. The lowest BCUT2D eigenvalue weighted by molar-refractivity contribution is -0.137. The van der Waals surface area contributed by atoms with Crippen LogP contribution in [0.5, 0.6) is 11.5 Å². The van der Waals surface area contributed by atoms with E-state index >= 15 is 0 Å². The van der Waals surface area contributed by atoms with E-state index in [1.807, 2.05) is 43.3 Å². The zero-order valence-corrected chi connectivity index (χ0v) is 24.5. The van der Waals surface area contributed by atoms with Gasteiger partial charge in [0.1, 0.15) is 0 Å². The van der Waals surface area contributed by atoms with E-state index < -0.39 is 17.8 Å². The van der Waals surface area contributed by atoms with Crippen LogP contribution in [0.3, 0.4) is 0 Å². The maximum Gasteiger partial charge on any atom is 0.416 e. The monoisotopic (exact) mass is 592 g/mol. The van der Waals surface area contributed by atoms with Crippen LogP contribution in [-0.2, 0) is 15.8 Å². The van der Waals surface area contributed by atoms with Gasteiger partial charge >= 0.3 is 6.18 Å². The zero-order valence-electron chi connectivity index (χ0n) is 24.5. The Kier molecular flexibility index (Phi) is 8.80. The zero-order chi connectivity index (χ0) is 30.7. The number of amides is 1. The fraction of sp³-hybridized carbons (Fsp3) is 0.353. The number of para-hydroxylation sites is 2. The van der Waals surface area contributed by atoms with E-state index in [-0.39, 0.29) is 30.4 Å². The van der Waals surface area contributed by atoms with Crippen LogP contribution < -0.4 is 19.7 Å². The third-order valence-corrected chi connectivity index (χ3v) is 8.18. The normalized spacial score (nSPS) is 18.4.